The fraction of sp³-hybridized carbons (Fsp3) is 0.500. The Kier molecular flexibility index (Phi) is 5.96. The topological polar surface area (TPSA) is 49.4 Å². The van der Waals surface area contributed by atoms with Crippen molar-refractivity contribution in [1.82, 2.24) is 10.2 Å². The molecular weight excluding hydrogens is 332 g/mol. The van der Waals surface area contributed by atoms with E-state index in [1.807, 2.05) is 46.8 Å². The lowest BCUT2D eigenvalue weighted by atomic mass is 10.1. The Balaban J connectivity index is 2.87. The van der Waals surface area contributed by atoms with Gasteiger partial charge in [0.15, 0.2) is 0 Å². The fourth-order valence-corrected chi connectivity index (χ4v) is 2.33. The Hall–Kier alpha value is -1.36. The van der Waals surface area contributed by atoms with Crippen LogP contribution in [-0.4, -0.2) is 35.3 Å². The SMILES string of the molecule is CCN(CC(=O)NC(C)(C)C)C(=O)c1cccc(Br)c1C. The first-order valence-corrected chi connectivity index (χ1v) is 7.80. The van der Waals surface area contributed by atoms with Crippen LogP contribution in [0.15, 0.2) is 22.7 Å². The largest absolute Gasteiger partial charge is 0.350 e. The van der Waals surface area contributed by atoms with Crippen LogP contribution in [0.25, 0.3) is 0 Å². The number of rotatable bonds is 4. The van der Waals surface area contributed by atoms with E-state index in [4.69, 9.17) is 0 Å². The van der Waals surface area contributed by atoms with Gasteiger partial charge in [0, 0.05) is 22.1 Å². The fourth-order valence-electron chi connectivity index (χ4n) is 1.97. The van der Waals surface area contributed by atoms with Crippen molar-refractivity contribution in [2.75, 3.05) is 13.1 Å². The van der Waals surface area contributed by atoms with Crippen LogP contribution < -0.4 is 5.32 Å². The Morgan fingerprint density at radius 1 is 1.29 bits per heavy atom. The van der Waals surface area contributed by atoms with Crippen molar-refractivity contribution in [1.29, 1.82) is 0 Å². The summed E-state index contributed by atoms with van der Waals surface area (Å²) >= 11 is 3.43. The van der Waals surface area contributed by atoms with E-state index in [0.29, 0.717) is 12.1 Å². The highest BCUT2D eigenvalue weighted by atomic mass is 79.9. The Morgan fingerprint density at radius 3 is 2.43 bits per heavy atom. The minimum Gasteiger partial charge on any atom is -0.350 e. The van der Waals surface area contributed by atoms with Gasteiger partial charge in [0.1, 0.15) is 0 Å². The van der Waals surface area contributed by atoms with E-state index in [1.165, 1.54) is 0 Å². The third kappa shape index (κ3) is 5.16. The van der Waals surface area contributed by atoms with Crippen LogP contribution in [0.4, 0.5) is 0 Å². The Morgan fingerprint density at radius 2 is 1.90 bits per heavy atom. The molecular formula is C16H23BrN2O2. The van der Waals surface area contributed by atoms with Gasteiger partial charge in [-0.2, -0.15) is 0 Å². The molecule has 1 aromatic carbocycles. The molecule has 1 N–H and O–H groups in total. The number of nitrogens with one attached hydrogen (secondary N) is 1. The molecule has 0 aliphatic carbocycles. The summed E-state index contributed by atoms with van der Waals surface area (Å²) < 4.78 is 0.892. The monoisotopic (exact) mass is 354 g/mol. The van der Waals surface area contributed by atoms with Crippen LogP contribution >= 0.6 is 15.9 Å². The molecule has 2 amide bonds. The molecule has 0 saturated carbocycles. The summed E-state index contributed by atoms with van der Waals surface area (Å²) in [6, 6.07) is 5.51. The summed E-state index contributed by atoms with van der Waals surface area (Å²) in [5.41, 5.74) is 1.21. The first kappa shape index (κ1) is 17.7. The number of nitrogens with zero attached hydrogens (tertiary/aromatic N) is 1. The predicted octanol–water partition coefficient (Wildman–Crippen LogP) is 3.13. The molecule has 1 aromatic rings. The number of hydrogen-bond acceptors (Lipinski definition) is 2. The maximum atomic E-state index is 12.6. The molecule has 0 bridgehead atoms. The maximum Gasteiger partial charge on any atom is 0.254 e. The summed E-state index contributed by atoms with van der Waals surface area (Å²) in [5.74, 6) is -0.272. The summed E-state index contributed by atoms with van der Waals surface area (Å²) in [7, 11) is 0. The summed E-state index contributed by atoms with van der Waals surface area (Å²) in [6.07, 6.45) is 0. The van der Waals surface area contributed by atoms with E-state index in [0.717, 1.165) is 10.0 Å². The van der Waals surface area contributed by atoms with E-state index < -0.39 is 0 Å². The van der Waals surface area contributed by atoms with Gasteiger partial charge in [0.25, 0.3) is 5.91 Å². The predicted molar refractivity (Wildman–Crippen MR) is 88.4 cm³/mol. The van der Waals surface area contributed by atoms with Crippen LogP contribution in [0.1, 0.15) is 43.6 Å². The number of likely N-dealkylation sites (N-methyl/N-ethyl adjacent to an activating group) is 1. The number of carbonyl (C=O) groups excluding carboxylic acids is 2. The van der Waals surface area contributed by atoms with Gasteiger partial charge < -0.3 is 10.2 Å². The number of amides is 2. The molecule has 4 nitrogen and oxygen atoms in total. The van der Waals surface area contributed by atoms with Crippen molar-refractivity contribution in [2.24, 2.45) is 0 Å². The molecule has 0 spiro atoms. The second-order valence-corrected chi connectivity index (χ2v) is 6.88. The van der Waals surface area contributed by atoms with E-state index in [2.05, 4.69) is 21.2 Å². The molecule has 0 aromatic heterocycles. The zero-order valence-electron chi connectivity index (χ0n) is 13.3. The molecule has 5 heteroatoms. The lowest BCUT2D eigenvalue weighted by molar-refractivity contribution is -0.123. The van der Waals surface area contributed by atoms with Crippen molar-refractivity contribution in [3.8, 4) is 0 Å². The normalized spacial score (nSPS) is 11.1. The molecule has 0 fully saturated rings. The number of hydrogen-bond donors (Lipinski definition) is 1. The smallest absolute Gasteiger partial charge is 0.254 e. The minimum absolute atomic E-state index is 0.0680. The zero-order valence-corrected chi connectivity index (χ0v) is 14.9. The number of halogens is 1. The van der Waals surface area contributed by atoms with Crippen LogP contribution in [0.2, 0.25) is 0 Å². The lowest BCUT2D eigenvalue weighted by Gasteiger charge is -2.25. The van der Waals surface area contributed by atoms with Crippen LogP contribution in [-0.2, 0) is 4.79 Å². The summed E-state index contributed by atoms with van der Waals surface area (Å²) in [6.45, 7) is 10.1. The van der Waals surface area contributed by atoms with Gasteiger partial charge in [-0.15, -0.1) is 0 Å². The molecule has 0 unspecified atom stereocenters. The van der Waals surface area contributed by atoms with Crippen molar-refractivity contribution >= 4 is 27.7 Å². The first-order valence-electron chi connectivity index (χ1n) is 7.01. The van der Waals surface area contributed by atoms with Crippen LogP contribution in [0.5, 0.6) is 0 Å². The Bertz CT molecular complexity index is 536. The average molecular weight is 355 g/mol. The van der Waals surface area contributed by atoms with Gasteiger partial charge in [0.2, 0.25) is 5.91 Å². The third-order valence-electron chi connectivity index (χ3n) is 3.02. The third-order valence-corrected chi connectivity index (χ3v) is 3.88. The highest BCUT2D eigenvalue weighted by Crippen LogP contribution is 2.20. The highest BCUT2D eigenvalue weighted by Gasteiger charge is 2.21. The van der Waals surface area contributed by atoms with Gasteiger partial charge in [-0.1, -0.05) is 22.0 Å². The molecule has 0 aliphatic heterocycles. The van der Waals surface area contributed by atoms with Gasteiger partial charge in [-0.3, -0.25) is 9.59 Å². The second-order valence-electron chi connectivity index (χ2n) is 6.03. The van der Waals surface area contributed by atoms with Crippen molar-refractivity contribution in [2.45, 2.75) is 40.2 Å². The van der Waals surface area contributed by atoms with Crippen molar-refractivity contribution in [3.63, 3.8) is 0 Å². The highest BCUT2D eigenvalue weighted by molar-refractivity contribution is 9.10. The van der Waals surface area contributed by atoms with Crippen molar-refractivity contribution in [3.05, 3.63) is 33.8 Å². The molecule has 0 radical (unpaired) electrons. The summed E-state index contributed by atoms with van der Waals surface area (Å²) in [5, 5.41) is 2.87. The molecule has 0 saturated heterocycles. The number of carbonyl (C=O) groups is 2. The molecule has 116 valence electrons. The second kappa shape index (κ2) is 7.07. The van der Waals surface area contributed by atoms with Gasteiger partial charge >= 0.3 is 0 Å². The Labute approximate surface area is 135 Å². The van der Waals surface area contributed by atoms with Crippen molar-refractivity contribution < 1.29 is 9.59 Å². The van der Waals surface area contributed by atoms with E-state index >= 15 is 0 Å². The van der Waals surface area contributed by atoms with E-state index in [-0.39, 0.29) is 23.9 Å². The van der Waals surface area contributed by atoms with Gasteiger partial charge in [-0.25, -0.2) is 0 Å². The average Bonchev–Trinajstić information content (AvgIpc) is 2.36. The van der Waals surface area contributed by atoms with Crippen LogP contribution in [0, 0.1) is 6.92 Å². The van der Waals surface area contributed by atoms with Gasteiger partial charge in [0.05, 0.1) is 6.54 Å². The molecule has 0 heterocycles. The zero-order chi connectivity index (χ0) is 16.2. The molecule has 0 aliphatic rings. The number of benzene rings is 1. The van der Waals surface area contributed by atoms with E-state index in [9.17, 15) is 9.59 Å². The standard InChI is InChI=1S/C16H23BrN2O2/c1-6-19(10-14(20)18-16(3,4)5)15(21)12-8-7-9-13(17)11(12)2/h7-9H,6,10H2,1-5H3,(H,18,20). The molecule has 21 heavy (non-hydrogen) atoms. The maximum absolute atomic E-state index is 12.6. The van der Waals surface area contributed by atoms with Gasteiger partial charge in [-0.05, 0) is 52.3 Å². The minimum atomic E-state index is -0.300. The molecule has 0 atom stereocenters. The lowest BCUT2D eigenvalue weighted by Crippen LogP contribution is -2.47. The summed E-state index contributed by atoms with van der Waals surface area (Å²) in [4.78, 5) is 26.1. The quantitative estimate of drug-likeness (QED) is 0.902. The first-order chi connectivity index (χ1) is 9.65. The van der Waals surface area contributed by atoms with Crippen LogP contribution in [0.3, 0.4) is 0 Å². The molecule has 1 rings (SSSR count). The van der Waals surface area contributed by atoms with E-state index in [1.54, 1.807) is 11.0 Å².